The first-order chi connectivity index (χ1) is 9.58. The van der Waals surface area contributed by atoms with Gasteiger partial charge in [-0.25, -0.2) is 0 Å². The third-order valence-electron chi connectivity index (χ3n) is 3.35. The fourth-order valence-corrected chi connectivity index (χ4v) is 2.56. The minimum absolute atomic E-state index is 0.00583. The van der Waals surface area contributed by atoms with Gasteiger partial charge in [-0.2, -0.15) is 0 Å². The van der Waals surface area contributed by atoms with Crippen molar-refractivity contribution < 1.29 is 14.5 Å². The topological polar surface area (TPSA) is 69.4 Å². The lowest BCUT2D eigenvalue weighted by Crippen LogP contribution is -2.07. The first-order valence-corrected chi connectivity index (χ1v) is 6.13. The van der Waals surface area contributed by atoms with Crippen molar-refractivity contribution in [1.29, 1.82) is 0 Å². The lowest BCUT2D eigenvalue weighted by molar-refractivity contribution is -0.384. The van der Waals surface area contributed by atoms with E-state index in [0.29, 0.717) is 5.56 Å². The predicted octanol–water partition coefficient (Wildman–Crippen LogP) is 3.23. The molecule has 0 bridgehead atoms. The molecular formula is C15H11NO4. The van der Waals surface area contributed by atoms with Crippen molar-refractivity contribution in [3.05, 3.63) is 63.7 Å². The molecule has 5 heteroatoms. The minimum Gasteiger partial charge on any atom is -0.453 e. The lowest BCUT2D eigenvalue weighted by atomic mass is 10.1. The maximum Gasteiger partial charge on any atom is 0.303 e. The summed E-state index contributed by atoms with van der Waals surface area (Å²) in [7, 11) is 0. The zero-order chi connectivity index (χ0) is 14.3. The maximum absolute atomic E-state index is 11.3. The van der Waals surface area contributed by atoms with Gasteiger partial charge in [0.2, 0.25) is 0 Å². The Balaban J connectivity index is 2.19. The number of ether oxygens (including phenoxy) is 1. The number of fused-ring (bicyclic) bond motifs is 3. The summed E-state index contributed by atoms with van der Waals surface area (Å²) in [5.41, 5.74) is 3.34. The van der Waals surface area contributed by atoms with Gasteiger partial charge >= 0.3 is 5.97 Å². The van der Waals surface area contributed by atoms with Gasteiger partial charge in [0.1, 0.15) is 0 Å². The third-order valence-corrected chi connectivity index (χ3v) is 3.35. The average Bonchev–Trinajstić information content (AvgIpc) is 2.73. The first-order valence-electron chi connectivity index (χ1n) is 6.13. The standard InChI is InChI=1S/C15H11NO4/c1-9(17)20-15-13-5-3-2-4-11(13)12-7-6-10(16(18)19)8-14(12)15/h2-8,15H,1H3/t15-/m1/s1. The molecule has 0 heterocycles. The summed E-state index contributed by atoms with van der Waals surface area (Å²) in [5, 5.41) is 10.9. The second-order valence-electron chi connectivity index (χ2n) is 4.61. The molecule has 3 rings (SSSR count). The molecule has 0 saturated carbocycles. The molecule has 5 nitrogen and oxygen atoms in total. The van der Waals surface area contributed by atoms with Crippen molar-refractivity contribution in [2.75, 3.05) is 0 Å². The van der Waals surface area contributed by atoms with Gasteiger partial charge in [-0.1, -0.05) is 24.3 Å². The number of nitro benzene ring substituents is 1. The molecule has 1 aliphatic carbocycles. The Hall–Kier alpha value is -2.69. The summed E-state index contributed by atoms with van der Waals surface area (Å²) >= 11 is 0. The van der Waals surface area contributed by atoms with Crippen LogP contribution >= 0.6 is 0 Å². The molecule has 20 heavy (non-hydrogen) atoms. The van der Waals surface area contributed by atoms with E-state index in [1.54, 1.807) is 6.07 Å². The maximum atomic E-state index is 11.3. The van der Waals surface area contributed by atoms with Gasteiger partial charge in [0.15, 0.2) is 6.10 Å². The Morgan fingerprint density at radius 1 is 1.15 bits per heavy atom. The molecule has 2 aromatic rings. The van der Waals surface area contributed by atoms with Crippen LogP contribution in [-0.4, -0.2) is 10.9 Å². The van der Waals surface area contributed by atoms with Crippen molar-refractivity contribution in [2.24, 2.45) is 0 Å². The van der Waals surface area contributed by atoms with Crippen LogP contribution in [0, 0.1) is 10.1 Å². The Morgan fingerprint density at radius 3 is 2.55 bits per heavy atom. The van der Waals surface area contributed by atoms with E-state index in [1.165, 1.54) is 19.1 Å². The summed E-state index contributed by atoms with van der Waals surface area (Å²) < 4.78 is 5.34. The van der Waals surface area contributed by atoms with Gasteiger partial charge in [0.25, 0.3) is 5.69 Å². The molecule has 0 N–H and O–H groups in total. The van der Waals surface area contributed by atoms with Crippen LogP contribution in [0.5, 0.6) is 0 Å². The van der Waals surface area contributed by atoms with Crippen molar-refractivity contribution >= 4 is 11.7 Å². The van der Waals surface area contributed by atoms with E-state index >= 15 is 0 Å². The molecule has 1 atom stereocenters. The zero-order valence-electron chi connectivity index (χ0n) is 10.7. The second kappa shape index (κ2) is 4.45. The Bertz CT molecular complexity index is 724. The molecule has 1 aliphatic rings. The largest absolute Gasteiger partial charge is 0.453 e. The molecule has 0 unspecified atom stereocenters. The molecule has 0 saturated heterocycles. The lowest BCUT2D eigenvalue weighted by Gasteiger charge is -2.13. The van der Waals surface area contributed by atoms with E-state index in [0.717, 1.165) is 16.7 Å². The third kappa shape index (κ3) is 1.84. The molecule has 0 radical (unpaired) electrons. The van der Waals surface area contributed by atoms with Gasteiger partial charge in [-0.05, 0) is 17.2 Å². The van der Waals surface area contributed by atoms with Gasteiger partial charge in [-0.3, -0.25) is 14.9 Å². The van der Waals surface area contributed by atoms with Gasteiger partial charge in [0.05, 0.1) is 4.92 Å². The molecule has 0 aliphatic heterocycles. The van der Waals surface area contributed by atoms with E-state index in [-0.39, 0.29) is 5.69 Å². The van der Waals surface area contributed by atoms with Crippen molar-refractivity contribution in [2.45, 2.75) is 13.0 Å². The molecule has 0 aromatic heterocycles. The summed E-state index contributed by atoms with van der Waals surface area (Å²) in [4.78, 5) is 21.7. The average molecular weight is 269 g/mol. The van der Waals surface area contributed by atoms with E-state index in [2.05, 4.69) is 0 Å². The Labute approximate surface area is 115 Å². The molecule has 0 amide bonds. The van der Waals surface area contributed by atoms with Crippen LogP contribution in [0.3, 0.4) is 0 Å². The number of benzene rings is 2. The highest BCUT2D eigenvalue weighted by Crippen LogP contribution is 2.46. The molecular weight excluding hydrogens is 258 g/mol. The second-order valence-corrected chi connectivity index (χ2v) is 4.61. The van der Waals surface area contributed by atoms with Crippen LogP contribution in [0.25, 0.3) is 11.1 Å². The van der Waals surface area contributed by atoms with Crippen LogP contribution < -0.4 is 0 Å². The number of hydrogen-bond acceptors (Lipinski definition) is 4. The van der Waals surface area contributed by atoms with E-state index < -0.39 is 17.0 Å². The zero-order valence-corrected chi connectivity index (χ0v) is 10.7. The van der Waals surface area contributed by atoms with Crippen LogP contribution in [0.2, 0.25) is 0 Å². The van der Waals surface area contributed by atoms with Crippen LogP contribution in [0.1, 0.15) is 24.2 Å². The summed E-state index contributed by atoms with van der Waals surface area (Å²) in [6.45, 7) is 1.33. The van der Waals surface area contributed by atoms with Crippen LogP contribution in [0.15, 0.2) is 42.5 Å². The summed E-state index contributed by atoms with van der Waals surface area (Å²) in [6, 6.07) is 12.2. The molecule has 0 fully saturated rings. The Kier molecular flexibility index (Phi) is 2.75. The van der Waals surface area contributed by atoms with E-state index in [9.17, 15) is 14.9 Å². The molecule has 2 aromatic carbocycles. The van der Waals surface area contributed by atoms with Gasteiger partial charge < -0.3 is 4.74 Å². The Morgan fingerprint density at radius 2 is 1.85 bits per heavy atom. The highest BCUT2D eigenvalue weighted by atomic mass is 16.6. The smallest absolute Gasteiger partial charge is 0.303 e. The normalized spacial score (nSPS) is 15.3. The minimum atomic E-state index is -0.571. The highest BCUT2D eigenvalue weighted by Gasteiger charge is 2.32. The first kappa shape index (κ1) is 12.3. The van der Waals surface area contributed by atoms with E-state index in [4.69, 9.17) is 4.74 Å². The number of nitrogens with zero attached hydrogens (tertiary/aromatic N) is 1. The van der Waals surface area contributed by atoms with Crippen LogP contribution in [-0.2, 0) is 9.53 Å². The van der Waals surface area contributed by atoms with Crippen molar-refractivity contribution in [1.82, 2.24) is 0 Å². The number of esters is 1. The van der Waals surface area contributed by atoms with Crippen molar-refractivity contribution in [3.63, 3.8) is 0 Å². The SMILES string of the molecule is CC(=O)O[C@@H]1c2ccccc2-c2ccc([N+](=O)[O-])cc21. The van der Waals surface area contributed by atoms with E-state index in [1.807, 2.05) is 24.3 Å². The van der Waals surface area contributed by atoms with Crippen molar-refractivity contribution in [3.8, 4) is 11.1 Å². The quantitative estimate of drug-likeness (QED) is 0.477. The number of carbonyl (C=O) groups is 1. The fourth-order valence-electron chi connectivity index (χ4n) is 2.56. The number of carbonyl (C=O) groups excluding carboxylic acids is 1. The summed E-state index contributed by atoms with van der Waals surface area (Å²) in [5.74, 6) is -0.413. The fraction of sp³-hybridized carbons (Fsp3) is 0.133. The predicted molar refractivity (Wildman–Crippen MR) is 72.1 cm³/mol. The molecule has 100 valence electrons. The number of nitro groups is 1. The van der Waals surface area contributed by atoms with Crippen LogP contribution in [0.4, 0.5) is 5.69 Å². The number of hydrogen-bond donors (Lipinski definition) is 0. The molecule has 0 spiro atoms. The monoisotopic (exact) mass is 269 g/mol. The van der Waals surface area contributed by atoms with Gasteiger partial charge in [0, 0.05) is 30.2 Å². The van der Waals surface area contributed by atoms with Gasteiger partial charge in [-0.15, -0.1) is 0 Å². The number of rotatable bonds is 2. The highest BCUT2D eigenvalue weighted by molar-refractivity contribution is 5.80. The summed E-state index contributed by atoms with van der Waals surface area (Å²) in [6.07, 6.45) is -0.571. The number of non-ortho nitro benzene ring substituents is 1.